The molecule has 254 valence electrons. The van der Waals surface area contributed by atoms with Gasteiger partial charge in [0.2, 0.25) is 11.8 Å². The number of H-pyrrole nitrogens is 1. The van der Waals surface area contributed by atoms with E-state index in [-0.39, 0.29) is 35.8 Å². The largest absolute Gasteiger partial charge is 0.471 e. The third-order valence-corrected chi connectivity index (χ3v) is 9.57. The van der Waals surface area contributed by atoms with Crippen LogP contribution in [0.1, 0.15) is 49.3 Å². The van der Waals surface area contributed by atoms with Crippen molar-refractivity contribution in [2.45, 2.75) is 39.3 Å². The zero-order chi connectivity index (χ0) is 34.9. The number of imidazole rings is 1. The van der Waals surface area contributed by atoms with E-state index < -0.39 is 0 Å². The lowest BCUT2D eigenvalue weighted by Gasteiger charge is -2.20. The van der Waals surface area contributed by atoms with Crippen LogP contribution in [-0.4, -0.2) is 55.4 Å². The minimum atomic E-state index is -0.390. The average molecular weight is 708 g/mol. The normalized spacial score (nSPS) is 15.1. The van der Waals surface area contributed by atoms with Crippen LogP contribution in [0.25, 0.3) is 33.4 Å². The predicted octanol–water partition coefficient (Wildman–Crippen LogP) is 8.90. The van der Waals surface area contributed by atoms with E-state index in [9.17, 15) is 9.59 Å². The lowest BCUT2D eigenvalue weighted by molar-refractivity contribution is -0.133. The summed E-state index contributed by atoms with van der Waals surface area (Å²) in [5.74, 6) is -0.0980. The smallest absolute Gasteiger partial charge is 0.272 e. The number of ether oxygens (including phenoxy) is 1. The van der Waals surface area contributed by atoms with Crippen molar-refractivity contribution < 1.29 is 14.3 Å². The lowest BCUT2D eigenvalue weighted by atomic mass is 9.99. The summed E-state index contributed by atoms with van der Waals surface area (Å²) in [6, 6.07) is 26.5. The summed E-state index contributed by atoms with van der Waals surface area (Å²) in [5.41, 5.74) is 5.55. The van der Waals surface area contributed by atoms with Crippen molar-refractivity contribution in [3.8, 4) is 28.4 Å². The van der Waals surface area contributed by atoms with Crippen LogP contribution in [0.15, 0.2) is 97.5 Å². The molecule has 3 aromatic carbocycles. The van der Waals surface area contributed by atoms with Crippen molar-refractivity contribution in [2.24, 2.45) is 5.92 Å². The first-order valence-corrected chi connectivity index (χ1v) is 17.3. The highest BCUT2D eigenvalue weighted by molar-refractivity contribution is 6.31. The number of rotatable bonds is 9. The Morgan fingerprint density at radius 3 is 2.46 bits per heavy atom. The number of nitrogens with zero attached hydrogens (tertiary/aromatic N) is 4. The van der Waals surface area contributed by atoms with Crippen LogP contribution >= 0.6 is 23.2 Å². The van der Waals surface area contributed by atoms with Crippen molar-refractivity contribution in [2.75, 3.05) is 18.4 Å². The molecule has 1 unspecified atom stereocenters. The Balaban J connectivity index is 1.31. The van der Waals surface area contributed by atoms with Gasteiger partial charge in [0.15, 0.2) is 0 Å². The second-order valence-electron chi connectivity index (χ2n) is 12.8. The van der Waals surface area contributed by atoms with Gasteiger partial charge in [-0.05, 0) is 48.9 Å². The number of carbonyl (C=O) groups is 2. The molecule has 9 nitrogen and oxygen atoms in total. The number of amides is 2. The average Bonchev–Trinajstić information content (AvgIpc) is 3.86. The SMILES string of the molecule is CC(C)C(=O)N1CCC(Oc2ncccc2NC(=O)c2[nH]c3cc(Cl)ccc3c2-c2c(-c3ccccc3)ncn2[C@@H](C)c2ccc(Cl)cc2)C1. The summed E-state index contributed by atoms with van der Waals surface area (Å²) in [6.45, 7) is 6.95. The van der Waals surface area contributed by atoms with Gasteiger partial charge in [0.25, 0.3) is 5.91 Å². The molecule has 4 heterocycles. The first-order chi connectivity index (χ1) is 24.2. The van der Waals surface area contributed by atoms with E-state index in [0.29, 0.717) is 52.0 Å². The van der Waals surface area contributed by atoms with Crippen LogP contribution in [-0.2, 0) is 4.79 Å². The van der Waals surface area contributed by atoms with Crippen LogP contribution in [0.3, 0.4) is 0 Å². The maximum atomic E-state index is 14.5. The highest BCUT2D eigenvalue weighted by atomic mass is 35.5. The van der Waals surface area contributed by atoms with Crippen molar-refractivity contribution in [1.29, 1.82) is 0 Å². The summed E-state index contributed by atoms with van der Waals surface area (Å²) in [7, 11) is 0. The molecule has 7 rings (SSSR count). The second-order valence-corrected chi connectivity index (χ2v) is 13.7. The number of benzene rings is 3. The quantitative estimate of drug-likeness (QED) is 0.156. The Kier molecular flexibility index (Phi) is 9.35. The van der Waals surface area contributed by atoms with Gasteiger partial charge >= 0.3 is 0 Å². The Morgan fingerprint density at radius 1 is 0.940 bits per heavy atom. The molecule has 2 N–H and O–H groups in total. The zero-order valence-electron chi connectivity index (χ0n) is 27.9. The van der Waals surface area contributed by atoms with Gasteiger partial charge in [0, 0.05) is 57.2 Å². The summed E-state index contributed by atoms with van der Waals surface area (Å²) >= 11 is 12.7. The number of fused-ring (bicyclic) bond motifs is 1. The molecule has 11 heteroatoms. The molecule has 0 radical (unpaired) electrons. The van der Waals surface area contributed by atoms with Crippen molar-refractivity contribution in [3.05, 3.63) is 119 Å². The fraction of sp³-hybridized carbons (Fsp3) is 0.231. The second kappa shape index (κ2) is 14.0. The van der Waals surface area contributed by atoms with Crippen LogP contribution in [0.2, 0.25) is 10.0 Å². The van der Waals surface area contributed by atoms with Gasteiger partial charge in [-0.15, -0.1) is 0 Å². The maximum absolute atomic E-state index is 14.5. The van der Waals surface area contributed by atoms with Gasteiger partial charge < -0.3 is 24.5 Å². The minimum absolute atomic E-state index is 0.0910. The van der Waals surface area contributed by atoms with E-state index >= 15 is 0 Å². The fourth-order valence-electron chi connectivity index (χ4n) is 6.51. The molecule has 0 aliphatic carbocycles. The number of nitrogens with one attached hydrogen (secondary N) is 2. The van der Waals surface area contributed by atoms with Crippen LogP contribution < -0.4 is 10.1 Å². The van der Waals surface area contributed by atoms with Gasteiger partial charge in [-0.25, -0.2) is 9.97 Å². The number of halogens is 2. The molecule has 2 atom stereocenters. The number of aromatic amines is 1. The molecule has 1 fully saturated rings. The molecular weight excluding hydrogens is 671 g/mol. The van der Waals surface area contributed by atoms with Crippen molar-refractivity contribution >= 4 is 51.6 Å². The van der Waals surface area contributed by atoms with Crippen LogP contribution in [0.4, 0.5) is 5.69 Å². The summed E-state index contributed by atoms with van der Waals surface area (Å²) in [4.78, 5) is 41.6. The molecule has 1 saturated heterocycles. The Hall–Kier alpha value is -5.12. The molecule has 1 aliphatic heterocycles. The van der Waals surface area contributed by atoms with Crippen LogP contribution in [0, 0.1) is 5.92 Å². The number of carbonyl (C=O) groups excluding carboxylic acids is 2. The van der Waals surface area contributed by atoms with Gasteiger partial charge in [-0.1, -0.05) is 85.6 Å². The van der Waals surface area contributed by atoms with E-state index in [0.717, 1.165) is 27.9 Å². The molecule has 6 aromatic rings. The summed E-state index contributed by atoms with van der Waals surface area (Å²) in [6.07, 6.45) is 3.87. The van der Waals surface area contributed by atoms with E-state index in [1.807, 2.05) is 97.9 Å². The van der Waals surface area contributed by atoms with E-state index in [2.05, 4.69) is 26.8 Å². The monoisotopic (exact) mass is 706 g/mol. The van der Waals surface area contributed by atoms with Gasteiger partial charge in [-0.2, -0.15) is 0 Å². The molecule has 2 amide bonds. The molecule has 1 aliphatic rings. The molecule has 0 saturated carbocycles. The zero-order valence-corrected chi connectivity index (χ0v) is 29.4. The lowest BCUT2D eigenvalue weighted by Crippen LogP contribution is -2.34. The summed E-state index contributed by atoms with van der Waals surface area (Å²) < 4.78 is 8.38. The van der Waals surface area contributed by atoms with Crippen molar-refractivity contribution in [3.63, 3.8) is 0 Å². The number of hydrogen-bond donors (Lipinski definition) is 2. The van der Waals surface area contributed by atoms with Gasteiger partial charge in [0.1, 0.15) is 17.5 Å². The Labute approximate surface area is 300 Å². The molecule has 0 spiro atoms. The van der Waals surface area contributed by atoms with Crippen LogP contribution in [0.5, 0.6) is 5.88 Å². The number of likely N-dealkylation sites (tertiary alicyclic amines) is 1. The standard InChI is InChI=1S/C39H36Cl2N6O3/c1-23(2)39(49)46-19-17-29(21-46)50-38-31(10-7-18-42-38)45-37(48)35-33(30-16-15-28(41)20-32(30)44-35)36-34(26-8-5-4-6-9-26)43-22-47(36)24(3)25-11-13-27(40)14-12-25/h4-16,18,20,22-24,29,44H,17,19,21H2,1-3H3,(H,45,48)/t24-,29?/m0/s1. The number of hydrogen-bond acceptors (Lipinski definition) is 5. The maximum Gasteiger partial charge on any atom is 0.272 e. The number of anilines is 1. The Bertz CT molecular complexity index is 2180. The van der Waals surface area contributed by atoms with E-state index in [1.165, 1.54) is 0 Å². The predicted molar refractivity (Wildman–Crippen MR) is 198 cm³/mol. The first-order valence-electron chi connectivity index (χ1n) is 16.6. The Morgan fingerprint density at radius 2 is 1.70 bits per heavy atom. The third-order valence-electron chi connectivity index (χ3n) is 9.08. The minimum Gasteiger partial charge on any atom is -0.471 e. The number of aromatic nitrogens is 4. The topological polar surface area (TPSA) is 105 Å². The molecule has 0 bridgehead atoms. The molecule has 50 heavy (non-hydrogen) atoms. The molecular formula is C39H36Cl2N6O3. The van der Waals surface area contributed by atoms with Crippen molar-refractivity contribution in [1.82, 2.24) is 24.4 Å². The molecule has 3 aromatic heterocycles. The van der Waals surface area contributed by atoms with E-state index in [1.54, 1.807) is 18.3 Å². The van der Waals surface area contributed by atoms with Gasteiger partial charge in [0.05, 0.1) is 30.3 Å². The third kappa shape index (κ3) is 6.58. The number of pyridine rings is 1. The highest BCUT2D eigenvalue weighted by Gasteiger charge is 2.31. The van der Waals surface area contributed by atoms with Gasteiger partial charge in [-0.3, -0.25) is 9.59 Å². The fourth-order valence-corrected chi connectivity index (χ4v) is 6.81. The first kappa shape index (κ1) is 33.4. The van der Waals surface area contributed by atoms with E-state index in [4.69, 9.17) is 32.9 Å². The summed E-state index contributed by atoms with van der Waals surface area (Å²) in [5, 5.41) is 5.06. The highest BCUT2D eigenvalue weighted by Crippen LogP contribution is 2.41.